The van der Waals surface area contributed by atoms with Gasteiger partial charge in [-0.25, -0.2) is 4.39 Å². The number of benzene rings is 2. The first-order valence-electron chi connectivity index (χ1n) is 5.04. The number of ketones is 1. The Morgan fingerprint density at radius 3 is 2.47 bits per heavy atom. The summed E-state index contributed by atoms with van der Waals surface area (Å²) in [6, 6.07) is 7.29. The molecule has 0 aliphatic rings. The van der Waals surface area contributed by atoms with E-state index in [1.54, 1.807) is 12.1 Å². The van der Waals surface area contributed by atoms with E-state index in [0.717, 1.165) is 3.57 Å². The second-order valence-electron chi connectivity index (χ2n) is 3.70. The minimum Gasteiger partial charge on any atom is -0.288 e. The van der Waals surface area contributed by atoms with Crippen LogP contribution in [-0.2, 0) is 0 Å². The molecule has 0 saturated heterocycles. The maximum atomic E-state index is 13.8. The van der Waals surface area contributed by atoms with Crippen LogP contribution in [0.4, 0.5) is 4.39 Å². The monoisotopic (exact) mass is 472 g/mol. The summed E-state index contributed by atoms with van der Waals surface area (Å²) in [4.78, 5) is 12.2. The van der Waals surface area contributed by atoms with Crippen LogP contribution in [0, 0.1) is 9.39 Å². The third-order valence-corrected chi connectivity index (χ3v) is 5.21. The number of hydrogen-bond acceptors (Lipinski definition) is 1. The standard InChI is InChI=1S/C13H5BrCl2FIO/c14-8-5-11(17)7(4-9(8)15)13(19)6-1-2-12(18)10(16)3-6/h1-5H. The molecule has 1 nitrogen and oxygen atoms in total. The zero-order valence-corrected chi connectivity index (χ0v) is 14.4. The second-order valence-corrected chi connectivity index (χ2v) is 6.54. The van der Waals surface area contributed by atoms with Gasteiger partial charge >= 0.3 is 0 Å². The predicted molar refractivity (Wildman–Crippen MR) is 86.7 cm³/mol. The van der Waals surface area contributed by atoms with Crippen molar-refractivity contribution in [2.45, 2.75) is 0 Å². The van der Waals surface area contributed by atoms with Crippen LogP contribution in [0.2, 0.25) is 10.0 Å². The Morgan fingerprint density at radius 1 is 1.16 bits per heavy atom. The van der Waals surface area contributed by atoms with Crippen molar-refractivity contribution < 1.29 is 9.18 Å². The molecular weight excluding hydrogens is 469 g/mol. The van der Waals surface area contributed by atoms with Crippen molar-refractivity contribution in [3.8, 4) is 0 Å². The van der Waals surface area contributed by atoms with Gasteiger partial charge in [0.05, 0.1) is 15.6 Å². The molecule has 0 amide bonds. The zero-order valence-electron chi connectivity index (χ0n) is 9.18. The molecule has 0 radical (unpaired) electrons. The van der Waals surface area contributed by atoms with Gasteiger partial charge in [0, 0.05) is 13.6 Å². The number of halogens is 5. The normalized spacial score (nSPS) is 10.6. The number of rotatable bonds is 2. The van der Waals surface area contributed by atoms with E-state index >= 15 is 0 Å². The summed E-state index contributed by atoms with van der Waals surface area (Å²) in [5.41, 5.74) is 0.244. The fraction of sp³-hybridized carbons (Fsp3) is 0. The average Bonchev–Trinajstić information content (AvgIpc) is 2.36. The Balaban J connectivity index is 2.49. The Kier molecular flexibility index (Phi) is 4.87. The maximum absolute atomic E-state index is 13.8. The third-order valence-electron chi connectivity index (χ3n) is 2.44. The van der Waals surface area contributed by atoms with E-state index in [1.165, 1.54) is 18.2 Å². The van der Waals surface area contributed by atoms with Crippen LogP contribution in [0.5, 0.6) is 0 Å². The SMILES string of the molecule is O=C(c1ccc(I)c(Cl)c1)c1cc(Cl)c(Br)cc1F. The lowest BCUT2D eigenvalue weighted by molar-refractivity contribution is 0.103. The van der Waals surface area contributed by atoms with E-state index in [2.05, 4.69) is 38.5 Å². The van der Waals surface area contributed by atoms with Gasteiger partial charge in [-0.1, -0.05) is 23.2 Å². The van der Waals surface area contributed by atoms with Crippen molar-refractivity contribution in [2.75, 3.05) is 0 Å². The molecule has 2 aromatic carbocycles. The summed E-state index contributed by atoms with van der Waals surface area (Å²) in [6.45, 7) is 0. The van der Waals surface area contributed by atoms with Gasteiger partial charge in [0.25, 0.3) is 0 Å². The molecule has 0 aliphatic carbocycles. The lowest BCUT2D eigenvalue weighted by atomic mass is 10.0. The molecule has 0 N–H and O–H groups in total. The Morgan fingerprint density at radius 2 is 1.84 bits per heavy atom. The van der Waals surface area contributed by atoms with Gasteiger partial charge in [-0.3, -0.25) is 4.79 Å². The molecular formula is C13H5BrCl2FIO. The van der Waals surface area contributed by atoms with Crippen molar-refractivity contribution in [1.29, 1.82) is 0 Å². The molecule has 0 spiro atoms. The van der Waals surface area contributed by atoms with Gasteiger partial charge < -0.3 is 0 Å². The van der Waals surface area contributed by atoms with Gasteiger partial charge in [0.2, 0.25) is 0 Å². The summed E-state index contributed by atoms with van der Waals surface area (Å²) < 4.78 is 15.0. The second kappa shape index (κ2) is 6.08. The highest BCUT2D eigenvalue weighted by Crippen LogP contribution is 2.28. The van der Waals surface area contributed by atoms with Gasteiger partial charge in [-0.05, 0) is 68.9 Å². The van der Waals surface area contributed by atoms with E-state index in [0.29, 0.717) is 15.1 Å². The van der Waals surface area contributed by atoms with Crippen LogP contribution in [0.3, 0.4) is 0 Å². The van der Waals surface area contributed by atoms with Gasteiger partial charge in [0.15, 0.2) is 5.78 Å². The van der Waals surface area contributed by atoms with Crippen molar-refractivity contribution in [3.63, 3.8) is 0 Å². The molecule has 0 aliphatic heterocycles. The molecule has 0 aromatic heterocycles. The van der Waals surface area contributed by atoms with Gasteiger partial charge in [0.1, 0.15) is 5.82 Å². The summed E-state index contributed by atoms with van der Waals surface area (Å²) >= 11 is 17.0. The van der Waals surface area contributed by atoms with Crippen LogP contribution in [0.1, 0.15) is 15.9 Å². The number of carbonyl (C=O) groups is 1. The summed E-state index contributed by atoms with van der Waals surface area (Å²) in [6.07, 6.45) is 0. The molecule has 0 unspecified atom stereocenters. The van der Waals surface area contributed by atoms with Crippen molar-refractivity contribution in [2.24, 2.45) is 0 Å². The summed E-state index contributed by atoms with van der Waals surface area (Å²) in [5, 5.41) is 0.733. The van der Waals surface area contributed by atoms with E-state index < -0.39 is 11.6 Å². The first kappa shape index (κ1) is 15.2. The largest absolute Gasteiger partial charge is 0.288 e. The Hall–Kier alpha value is -0.170. The quantitative estimate of drug-likeness (QED) is 0.309. The molecule has 0 saturated carbocycles. The molecule has 6 heteroatoms. The molecule has 0 fully saturated rings. The van der Waals surface area contributed by atoms with E-state index in [-0.39, 0.29) is 10.6 Å². The van der Waals surface area contributed by atoms with Gasteiger partial charge in [-0.15, -0.1) is 0 Å². The van der Waals surface area contributed by atoms with Crippen LogP contribution in [0.15, 0.2) is 34.8 Å². The molecule has 19 heavy (non-hydrogen) atoms. The topological polar surface area (TPSA) is 17.1 Å². The van der Waals surface area contributed by atoms with Crippen LogP contribution < -0.4 is 0 Å². The molecule has 98 valence electrons. The van der Waals surface area contributed by atoms with E-state index in [1.807, 2.05) is 0 Å². The highest BCUT2D eigenvalue weighted by molar-refractivity contribution is 14.1. The number of carbonyl (C=O) groups excluding carboxylic acids is 1. The molecule has 0 heterocycles. The predicted octanol–water partition coefficient (Wildman–Crippen LogP) is 5.73. The van der Waals surface area contributed by atoms with Crippen molar-refractivity contribution in [1.82, 2.24) is 0 Å². The van der Waals surface area contributed by atoms with E-state index in [4.69, 9.17) is 23.2 Å². The van der Waals surface area contributed by atoms with Crippen LogP contribution in [0.25, 0.3) is 0 Å². The summed E-state index contributed by atoms with van der Waals surface area (Å²) in [5.74, 6) is -1.08. The third kappa shape index (κ3) is 3.29. The van der Waals surface area contributed by atoms with Crippen molar-refractivity contribution >= 4 is 67.5 Å². The van der Waals surface area contributed by atoms with Crippen molar-refractivity contribution in [3.05, 3.63) is 65.4 Å². The lowest BCUT2D eigenvalue weighted by Crippen LogP contribution is -2.05. The molecule has 0 bridgehead atoms. The lowest BCUT2D eigenvalue weighted by Gasteiger charge is -2.06. The fourth-order valence-electron chi connectivity index (χ4n) is 1.49. The average molecular weight is 474 g/mol. The minimum absolute atomic E-state index is 0.0783. The molecule has 0 atom stereocenters. The number of hydrogen-bond donors (Lipinski definition) is 0. The first-order valence-corrected chi connectivity index (χ1v) is 7.67. The fourth-order valence-corrected chi connectivity index (χ4v) is 2.48. The zero-order chi connectivity index (χ0) is 14.2. The summed E-state index contributed by atoms with van der Waals surface area (Å²) in [7, 11) is 0. The highest BCUT2D eigenvalue weighted by Gasteiger charge is 2.17. The van der Waals surface area contributed by atoms with Crippen LogP contribution >= 0.6 is 61.7 Å². The molecule has 2 rings (SSSR count). The highest BCUT2D eigenvalue weighted by atomic mass is 127. The van der Waals surface area contributed by atoms with Crippen LogP contribution in [-0.4, -0.2) is 5.78 Å². The molecule has 2 aromatic rings. The van der Waals surface area contributed by atoms with E-state index in [9.17, 15) is 9.18 Å². The van der Waals surface area contributed by atoms with Gasteiger partial charge in [-0.2, -0.15) is 0 Å². The Labute approximate surface area is 141 Å². The maximum Gasteiger partial charge on any atom is 0.196 e. The Bertz CT molecular complexity index is 676. The minimum atomic E-state index is -0.629. The first-order chi connectivity index (χ1) is 8.90. The smallest absolute Gasteiger partial charge is 0.196 e.